The van der Waals surface area contributed by atoms with E-state index in [1.165, 1.54) is 17.5 Å². The van der Waals surface area contributed by atoms with E-state index in [1.54, 1.807) is 0 Å². The van der Waals surface area contributed by atoms with Gasteiger partial charge in [0.1, 0.15) is 11.9 Å². The maximum atomic E-state index is 7.46. The number of benzene rings is 1. The molecule has 3 N–H and O–H groups in total. The highest BCUT2D eigenvalue weighted by Gasteiger charge is 2.30. The van der Waals surface area contributed by atoms with Crippen molar-refractivity contribution in [1.82, 2.24) is 4.90 Å². The van der Waals surface area contributed by atoms with Crippen molar-refractivity contribution in [3.05, 3.63) is 35.4 Å². The number of fused-ring (bicyclic) bond motifs is 1. The Kier molecular flexibility index (Phi) is 3.06. The lowest BCUT2D eigenvalue weighted by atomic mass is 9.77. The van der Waals surface area contributed by atoms with Crippen LogP contribution in [0.1, 0.15) is 17.0 Å². The molecular formula is C14H19N3O. The summed E-state index contributed by atoms with van der Waals surface area (Å²) in [6.45, 7) is 3.44. The van der Waals surface area contributed by atoms with E-state index in [-0.39, 0.29) is 11.9 Å². The maximum Gasteiger partial charge on any atom is 0.127 e. The van der Waals surface area contributed by atoms with E-state index in [9.17, 15) is 0 Å². The number of amidine groups is 1. The van der Waals surface area contributed by atoms with Gasteiger partial charge in [-0.3, -0.25) is 10.3 Å². The normalized spacial score (nSPS) is 27.3. The van der Waals surface area contributed by atoms with Crippen LogP contribution in [-0.2, 0) is 11.2 Å². The number of nitrogens with zero attached hydrogens (tertiary/aromatic N) is 1. The van der Waals surface area contributed by atoms with Gasteiger partial charge in [-0.15, -0.1) is 0 Å². The fourth-order valence-corrected chi connectivity index (χ4v) is 2.89. The lowest BCUT2D eigenvalue weighted by molar-refractivity contribution is 0.00261. The minimum absolute atomic E-state index is 0.147. The molecule has 3 rings (SSSR count). The van der Waals surface area contributed by atoms with Crippen LogP contribution in [0, 0.1) is 5.41 Å². The van der Waals surface area contributed by atoms with Gasteiger partial charge >= 0.3 is 0 Å². The molecule has 2 unspecified atom stereocenters. The molecular weight excluding hydrogens is 226 g/mol. The molecule has 0 aromatic heterocycles. The summed E-state index contributed by atoms with van der Waals surface area (Å²) in [4.78, 5) is 2.37. The van der Waals surface area contributed by atoms with Crippen LogP contribution in [-0.4, -0.2) is 43.1 Å². The van der Waals surface area contributed by atoms with Gasteiger partial charge < -0.3 is 10.5 Å². The molecule has 1 saturated heterocycles. The first-order valence-electron chi connectivity index (χ1n) is 6.49. The van der Waals surface area contributed by atoms with Gasteiger partial charge in [-0.2, -0.15) is 0 Å². The number of hydrogen-bond acceptors (Lipinski definition) is 3. The minimum Gasteiger partial charge on any atom is -0.385 e. The highest BCUT2D eigenvalue weighted by molar-refractivity contribution is 5.82. The third-order valence-electron chi connectivity index (χ3n) is 3.94. The van der Waals surface area contributed by atoms with Crippen molar-refractivity contribution >= 4 is 5.84 Å². The zero-order chi connectivity index (χ0) is 12.5. The Morgan fingerprint density at radius 2 is 2.28 bits per heavy atom. The summed E-state index contributed by atoms with van der Waals surface area (Å²) in [5, 5.41) is 7.46. The topological polar surface area (TPSA) is 62.3 Å². The molecule has 18 heavy (non-hydrogen) atoms. The van der Waals surface area contributed by atoms with Crippen molar-refractivity contribution in [2.45, 2.75) is 18.4 Å². The van der Waals surface area contributed by atoms with E-state index >= 15 is 0 Å². The van der Waals surface area contributed by atoms with E-state index in [4.69, 9.17) is 15.9 Å². The molecule has 96 valence electrons. The second-order valence-corrected chi connectivity index (χ2v) is 5.17. The molecule has 0 saturated carbocycles. The molecule has 1 heterocycles. The number of hydrogen-bond donors (Lipinski definition) is 2. The number of nitrogens with two attached hydrogens (primary N) is 1. The average molecular weight is 245 g/mol. The zero-order valence-corrected chi connectivity index (χ0v) is 10.4. The van der Waals surface area contributed by atoms with Crippen LogP contribution < -0.4 is 5.73 Å². The Hall–Kier alpha value is -1.39. The van der Waals surface area contributed by atoms with Crippen LogP contribution in [0.25, 0.3) is 0 Å². The Morgan fingerprint density at radius 3 is 3.06 bits per heavy atom. The first-order chi connectivity index (χ1) is 8.74. The van der Waals surface area contributed by atoms with Gasteiger partial charge in [0, 0.05) is 25.6 Å². The van der Waals surface area contributed by atoms with Gasteiger partial charge in [0.05, 0.1) is 6.61 Å². The van der Waals surface area contributed by atoms with Gasteiger partial charge in [-0.1, -0.05) is 24.3 Å². The summed E-state index contributed by atoms with van der Waals surface area (Å²) < 4.78 is 5.48. The smallest absolute Gasteiger partial charge is 0.127 e. The molecule has 0 radical (unpaired) electrons. The Balaban J connectivity index is 1.60. The molecule has 0 amide bonds. The van der Waals surface area contributed by atoms with Crippen molar-refractivity contribution in [3.8, 4) is 0 Å². The van der Waals surface area contributed by atoms with Crippen LogP contribution in [0.3, 0.4) is 0 Å². The predicted octanol–water partition coefficient (Wildman–Crippen LogP) is 0.963. The van der Waals surface area contributed by atoms with Gasteiger partial charge in [0.25, 0.3) is 0 Å². The zero-order valence-electron chi connectivity index (χ0n) is 10.4. The Morgan fingerprint density at radius 1 is 1.44 bits per heavy atom. The third-order valence-corrected chi connectivity index (χ3v) is 3.94. The highest BCUT2D eigenvalue weighted by atomic mass is 16.5. The van der Waals surface area contributed by atoms with Crippen LogP contribution in [0.15, 0.2) is 24.3 Å². The summed E-state index contributed by atoms with van der Waals surface area (Å²) in [7, 11) is 0. The lowest BCUT2D eigenvalue weighted by Crippen LogP contribution is -2.49. The Labute approximate surface area is 107 Å². The molecule has 2 atom stereocenters. The molecule has 1 fully saturated rings. The maximum absolute atomic E-state index is 7.46. The van der Waals surface area contributed by atoms with Gasteiger partial charge in [0.2, 0.25) is 0 Å². The fourth-order valence-electron chi connectivity index (χ4n) is 2.89. The van der Waals surface area contributed by atoms with Crippen LogP contribution in [0.2, 0.25) is 0 Å². The van der Waals surface area contributed by atoms with Crippen molar-refractivity contribution in [1.29, 1.82) is 5.41 Å². The largest absolute Gasteiger partial charge is 0.385 e. The molecule has 4 heteroatoms. The van der Waals surface area contributed by atoms with Crippen LogP contribution in [0.4, 0.5) is 0 Å². The molecule has 2 aliphatic rings. The first kappa shape index (κ1) is 11.7. The van der Waals surface area contributed by atoms with Gasteiger partial charge in [-0.25, -0.2) is 0 Å². The molecule has 4 nitrogen and oxygen atoms in total. The molecule has 1 aromatic carbocycles. The number of rotatable bonds is 3. The van der Waals surface area contributed by atoms with Crippen molar-refractivity contribution in [3.63, 3.8) is 0 Å². The van der Waals surface area contributed by atoms with Crippen LogP contribution >= 0.6 is 0 Å². The standard InChI is InChI=1S/C14H19N3O/c15-14(16)13-9-17(5-6-18-13)8-11-7-10-3-1-2-4-12(10)11/h1-4,11,13H,5-9H2,(H3,15,16). The quantitative estimate of drug-likeness (QED) is 0.616. The first-order valence-corrected chi connectivity index (χ1v) is 6.49. The molecule has 0 spiro atoms. The van der Waals surface area contributed by atoms with Crippen molar-refractivity contribution < 1.29 is 4.74 Å². The predicted molar refractivity (Wildman–Crippen MR) is 71.0 cm³/mol. The molecule has 1 aromatic rings. The van der Waals surface area contributed by atoms with Crippen LogP contribution in [0.5, 0.6) is 0 Å². The summed E-state index contributed by atoms with van der Waals surface area (Å²) in [5.74, 6) is 0.792. The van der Waals surface area contributed by atoms with E-state index in [1.807, 2.05) is 0 Å². The summed E-state index contributed by atoms with van der Waals surface area (Å²) in [6, 6.07) is 8.66. The second-order valence-electron chi connectivity index (χ2n) is 5.17. The van der Waals surface area contributed by atoms with E-state index in [2.05, 4.69) is 29.2 Å². The van der Waals surface area contributed by atoms with Crippen molar-refractivity contribution in [2.24, 2.45) is 5.73 Å². The van der Waals surface area contributed by atoms with E-state index < -0.39 is 0 Å². The van der Waals surface area contributed by atoms with E-state index in [0.29, 0.717) is 12.5 Å². The van der Waals surface area contributed by atoms with E-state index in [0.717, 1.165) is 19.6 Å². The van der Waals surface area contributed by atoms with Gasteiger partial charge in [-0.05, 0) is 17.5 Å². The molecule has 1 aliphatic heterocycles. The fraction of sp³-hybridized carbons (Fsp3) is 0.500. The second kappa shape index (κ2) is 4.71. The Bertz CT molecular complexity index is 460. The van der Waals surface area contributed by atoms with Gasteiger partial charge in [0.15, 0.2) is 0 Å². The number of morpholine rings is 1. The number of ether oxygens (including phenoxy) is 1. The molecule has 1 aliphatic carbocycles. The SMILES string of the molecule is N=C(N)C1CN(CC2Cc3ccccc32)CCO1. The average Bonchev–Trinajstić information content (AvgIpc) is 2.36. The summed E-state index contributed by atoms with van der Waals surface area (Å²) >= 11 is 0. The lowest BCUT2D eigenvalue weighted by Gasteiger charge is -2.38. The number of nitrogens with one attached hydrogen (secondary N) is 1. The minimum atomic E-state index is -0.214. The monoisotopic (exact) mass is 245 g/mol. The highest BCUT2D eigenvalue weighted by Crippen LogP contribution is 2.35. The third kappa shape index (κ3) is 2.13. The molecule has 0 bridgehead atoms. The van der Waals surface area contributed by atoms with Crippen molar-refractivity contribution in [2.75, 3.05) is 26.2 Å². The summed E-state index contributed by atoms with van der Waals surface area (Å²) in [5.41, 5.74) is 8.49. The summed E-state index contributed by atoms with van der Waals surface area (Å²) in [6.07, 6.45) is 0.965.